The Hall–Kier alpha value is -4.26. The van der Waals surface area contributed by atoms with E-state index in [4.69, 9.17) is 20.0 Å². The molecule has 1 aromatic carbocycles. The van der Waals surface area contributed by atoms with Gasteiger partial charge in [-0.2, -0.15) is 0 Å². The minimum atomic E-state index is -1.48. The number of alkyl halides is 1. The third-order valence-electron chi connectivity index (χ3n) is 6.94. The Morgan fingerprint density at radius 3 is 2.72 bits per heavy atom. The first-order valence-corrected chi connectivity index (χ1v) is 12.2. The van der Waals surface area contributed by atoms with Gasteiger partial charge in [0.15, 0.2) is 23.1 Å². The molecule has 3 heterocycles. The molecule has 1 aliphatic carbocycles. The highest BCUT2D eigenvalue weighted by Gasteiger charge is 2.41. The number of carboxylic acids is 1. The number of anilines is 1. The molecule has 3 aromatic rings. The first-order chi connectivity index (χ1) is 18.8. The second kappa shape index (κ2) is 10.5. The highest BCUT2D eigenvalue weighted by molar-refractivity contribution is 5.95. The molecule has 3 N–H and O–H groups in total. The minimum Gasteiger partial charge on any atom is -0.493 e. The highest BCUT2D eigenvalue weighted by Crippen LogP contribution is 2.40. The van der Waals surface area contributed by atoms with Crippen LogP contribution in [-0.4, -0.2) is 66.4 Å². The van der Waals surface area contributed by atoms with E-state index in [1.807, 2.05) is 6.07 Å². The van der Waals surface area contributed by atoms with Crippen LogP contribution in [0.1, 0.15) is 28.4 Å². The predicted molar refractivity (Wildman–Crippen MR) is 138 cm³/mol. The second-order valence-electron chi connectivity index (χ2n) is 9.39. The van der Waals surface area contributed by atoms with Crippen LogP contribution in [-0.2, 0) is 11.4 Å². The lowest BCUT2D eigenvalue weighted by Gasteiger charge is -2.19. The Balaban J connectivity index is 1.44. The minimum absolute atomic E-state index is 0.0163. The molecular weight excluding hydrogens is 516 g/mol. The number of methoxy groups -OCH3 is 2. The van der Waals surface area contributed by atoms with Crippen molar-refractivity contribution < 1.29 is 33.0 Å². The first kappa shape index (κ1) is 26.4. The molecule has 1 saturated carbocycles. The number of halogens is 2. The Labute approximate surface area is 221 Å². The van der Waals surface area contributed by atoms with Gasteiger partial charge in [0.2, 0.25) is 5.43 Å². The average Bonchev–Trinajstić information content (AvgIpc) is 3.51. The number of hydrogen-bond donors (Lipinski definition) is 2. The van der Waals surface area contributed by atoms with Gasteiger partial charge in [-0.3, -0.25) is 4.79 Å². The molecule has 2 aliphatic rings. The molecular formula is C26H27F2N5O6. The molecule has 2 fully saturated rings. The molecule has 0 amide bonds. The summed E-state index contributed by atoms with van der Waals surface area (Å²) in [6, 6.07) is 5.65. The predicted octanol–water partition coefficient (Wildman–Crippen LogP) is 2.50. The third kappa shape index (κ3) is 4.85. The summed E-state index contributed by atoms with van der Waals surface area (Å²) in [6.45, 7) is 0.741. The number of aromatic nitrogens is 2. The smallest absolute Gasteiger partial charge is 0.341 e. The van der Waals surface area contributed by atoms with Gasteiger partial charge in [0.25, 0.3) is 0 Å². The SMILES string of the molecule is COc1cccc(CO/N=C2\CN(c3nc4c(cc3F)c(=O)c(C(=O)O)cn4[C@@H]3C[C@@H]3F)CC2CN)c1OC. The van der Waals surface area contributed by atoms with E-state index in [-0.39, 0.29) is 55.4 Å². The summed E-state index contributed by atoms with van der Waals surface area (Å²) in [5.74, 6) is -1.56. The number of aromatic carboxylic acids is 1. The Bertz CT molecular complexity index is 1530. The first-order valence-electron chi connectivity index (χ1n) is 12.2. The zero-order valence-electron chi connectivity index (χ0n) is 21.3. The zero-order valence-corrected chi connectivity index (χ0v) is 21.3. The van der Waals surface area contributed by atoms with Crippen molar-refractivity contribution >= 4 is 28.5 Å². The number of pyridine rings is 2. The largest absolute Gasteiger partial charge is 0.493 e. The molecule has 2 aromatic heterocycles. The van der Waals surface area contributed by atoms with Gasteiger partial charge in [-0.1, -0.05) is 17.3 Å². The lowest BCUT2D eigenvalue weighted by molar-refractivity contribution is 0.0694. The fourth-order valence-electron chi connectivity index (χ4n) is 4.79. The van der Waals surface area contributed by atoms with Gasteiger partial charge in [0.1, 0.15) is 24.0 Å². The van der Waals surface area contributed by atoms with Crippen molar-refractivity contribution in [1.29, 1.82) is 0 Å². The van der Waals surface area contributed by atoms with Gasteiger partial charge in [-0.15, -0.1) is 0 Å². The summed E-state index contributed by atoms with van der Waals surface area (Å²) in [4.78, 5) is 35.9. The van der Waals surface area contributed by atoms with Crippen LogP contribution in [0.2, 0.25) is 0 Å². The molecule has 3 atom stereocenters. The quantitative estimate of drug-likeness (QED) is 0.389. The monoisotopic (exact) mass is 543 g/mol. The lowest BCUT2D eigenvalue weighted by Crippen LogP contribution is -2.26. The fourth-order valence-corrected chi connectivity index (χ4v) is 4.79. The lowest BCUT2D eigenvalue weighted by atomic mass is 10.1. The van der Waals surface area contributed by atoms with Crippen molar-refractivity contribution in [2.45, 2.75) is 25.2 Å². The van der Waals surface area contributed by atoms with Crippen LogP contribution < -0.4 is 25.5 Å². The standard InChI is InChI=1S/C26H27F2N5O6/c1-37-21-5-3-4-13(23(21)38-2)12-39-31-19-11-32(9-14(19)8-29)25-18(28)6-15-22(34)16(26(35)36)10-33(24(15)30-25)20-7-17(20)27/h3-6,10,14,17,20H,7-9,11-12,29H2,1-2H3,(H,35,36)/b31-19+/t14?,17-,20+/m0/s1. The number of carboxylic acid groups (broad SMARTS) is 1. The van der Waals surface area contributed by atoms with Gasteiger partial charge in [0, 0.05) is 37.2 Å². The average molecular weight is 544 g/mol. The third-order valence-corrected chi connectivity index (χ3v) is 6.94. The maximum Gasteiger partial charge on any atom is 0.341 e. The van der Waals surface area contributed by atoms with E-state index in [2.05, 4.69) is 10.1 Å². The molecule has 1 saturated heterocycles. The summed E-state index contributed by atoms with van der Waals surface area (Å²) in [6.07, 6.45) is 0.0168. The van der Waals surface area contributed by atoms with Gasteiger partial charge in [0.05, 0.1) is 37.9 Å². The van der Waals surface area contributed by atoms with Crippen LogP contribution >= 0.6 is 0 Å². The zero-order chi connectivity index (χ0) is 27.8. The summed E-state index contributed by atoms with van der Waals surface area (Å²) in [5.41, 5.74) is 5.81. The maximum atomic E-state index is 15.3. The van der Waals surface area contributed by atoms with Crippen molar-refractivity contribution in [2.75, 3.05) is 38.8 Å². The van der Waals surface area contributed by atoms with Gasteiger partial charge in [-0.25, -0.2) is 18.6 Å². The van der Waals surface area contributed by atoms with E-state index >= 15 is 4.39 Å². The number of ether oxygens (including phenoxy) is 2. The number of nitrogens with zero attached hydrogens (tertiary/aromatic N) is 4. The Kier molecular flexibility index (Phi) is 7.08. The number of nitrogens with two attached hydrogens (primary N) is 1. The molecule has 13 heteroatoms. The van der Waals surface area contributed by atoms with Crippen LogP contribution in [0.15, 0.2) is 40.4 Å². The normalized spacial score (nSPS) is 21.4. The van der Waals surface area contributed by atoms with E-state index in [9.17, 15) is 19.1 Å². The summed E-state index contributed by atoms with van der Waals surface area (Å²) in [7, 11) is 3.06. The number of fused-ring (bicyclic) bond motifs is 1. The van der Waals surface area contributed by atoms with Crippen LogP contribution in [0.5, 0.6) is 11.5 Å². The van der Waals surface area contributed by atoms with Crippen molar-refractivity contribution in [2.24, 2.45) is 16.8 Å². The number of para-hydroxylation sites is 1. The summed E-state index contributed by atoms with van der Waals surface area (Å²) < 4.78 is 41.3. The van der Waals surface area contributed by atoms with Crippen LogP contribution in [0.25, 0.3) is 11.0 Å². The number of hydrogen-bond acceptors (Lipinski definition) is 9. The molecule has 0 radical (unpaired) electrons. The van der Waals surface area contributed by atoms with Crippen LogP contribution in [0.3, 0.4) is 0 Å². The highest BCUT2D eigenvalue weighted by atomic mass is 19.1. The van der Waals surface area contributed by atoms with Gasteiger partial charge < -0.3 is 34.6 Å². The molecule has 0 bridgehead atoms. The fraction of sp³-hybridized carbons (Fsp3) is 0.385. The number of oxime groups is 1. The van der Waals surface area contributed by atoms with Crippen molar-refractivity contribution in [3.05, 3.63) is 57.6 Å². The number of benzene rings is 1. The van der Waals surface area contributed by atoms with E-state index in [1.54, 1.807) is 17.0 Å². The Morgan fingerprint density at radius 1 is 1.31 bits per heavy atom. The van der Waals surface area contributed by atoms with Gasteiger partial charge in [-0.05, 0) is 12.1 Å². The van der Waals surface area contributed by atoms with E-state index in [0.717, 1.165) is 12.3 Å². The number of carbonyl (C=O) groups is 1. The molecule has 39 heavy (non-hydrogen) atoms. The Morgan fingerprint density at radius 2 is 2.08 bits per heavy atom. The second-order valence-corrected chi connectivity index (χ2v) is 9.39. The molecule has 1 aliphatic heterocycles. The summed E-state index contributed by atoms with van der Waals surface area (Å²) >= 11 is 0. The van der Waals surface area contributed by atoms with E-state index in [0.29, 0.717) is 22.8 Å². The molecule has 206 valence electrons. The topological polar surface area (TPSA) is 142 Å². The number of rotatable bonds is 9. The van der Waals surface area contributed by atoms with E-state index < -0.39 is 35.0 Å². The van der Waals surface area contributed by atoms with Crippen molar-refractivity contribution in [3.8, 4) is 11.5 Å². The van der Waals surface area contributed by atoms with Crippen molar-refractivity contribution in [1.82, 2.24) is 9.55 Å². The van der Waals surface area contributed by atoms with E-state index in [1.165, 1.54) is 18.8 Å². The molecule has 11 nitrogen and oxygen atoms in total. The van der Waals surface area contributed by atoms with Crippen LogP contribution in [0.4, 0.5) is 14.6 Å². The van der Waals surface area contributed by atoms with Gasteiger partial charge >= 0.3 is 5.97 Å². The molecule has 1 unspecified atom stereocenters. The molecule has 0 spiro atoms. The molecule has 5 rings (SSSR count). The maximum absolute atomic E-state index is 15.3. The van der Waals surface area contributed by atoms with Crippen molar-refractivity contribution in [3.63, 3.8) is 0 Å². The van der Waals surface area contributed by atoms with Crippen LogP contribution in [0, 0.1) is 11.7 Å². The summed E-state index contributed by atoms with van der Waals surface area (Å²) in [5, 5.41) is 13.5.